The van der Waals surface area contributed by atoms with Crippen molar-refractivity contribution >= 4 is 5.69 Å². The monoisotopic (exact) mass is 220 g/mol. The molecule has 0 spiro atoms. The summed E-state index contributed by atoms with van der Waals surface area (Å²) < 4.78 is 26.6. The van der Waals surface area contributed by atoms with Crippen molar-refractivity contribution in [2.45, 2.75) is 12.0 Å². The molecule has 0 aromatic heterocycles. The van der Waals surface area contributed by atoms with Gasteiger partial charge in [-0.25, -0.2) is 0 Å². The van der Waals surface area contributed by atoms with Crippen molar-refractivity contribution in [1.82, 2.24) is 0 Å². The number of hydrogen-bond donors (Lipinski definition) is 0. The number of hydrogen-bond acceptors (Lipinski definition) is 2. The molecule has 2 rings (SSSR count). The van der Waals surface area contributed by atoms with Gasteiger partial charge in [-0.05, 0) is 18.2 Å². The summed E-state index contributed by atoms with van der Waals surface area (Å²) in [4.78, 5) is 0. The van der Waals surface area contributed by atoms with Gasteiger partial charge in [-0.2, -0.15) is 19.0 Å². The standard InChI is InChI=1S/C12H10F2N2/c13-12(14)9-5-4-8-11(12)16-15-10-6-2-1-3-7-10/h1-9,11H. The smallest absolute Gasteiger partial charge is 0.199 e. The minimum absolute atomic E-state index is 0.571. The Morgan fingerprint density at radius 1 is 1.06 bits per heavy atom. The van der Waals surface area contributed by atoms with Gasteiger partial charge in [0.05, 0.1) is 5.69 Å². The normalized spacial score (nSPS) is 22.8. The fourth-order valence-corrected chi connectivity index (χ4v) is 1.32. The molecule has 1 aromatic rings. The van der Waals surface area contributed by atoms with Gasteiger partial charge in [-0.3, -0.25) is 0 Å². The van der Waals surface area contributed by atoms with E-state index in [2.05, 4.69) is 10.2 Å². The highest BCUT2D eigenvalue weighted by Crippen LogP contribution is 2.28. The molecular weight excluding hydrogens is 210 g/mol. The summed E-state index contributed by atoms with van der Waals surface area (Å²) in [5.41, 5.74) is 0.571. The molecule has 1 atom stereocenters. The third-order valence-electron chi connectivity index (χ3n) is 2.17. The summed E-state index contributed by atoms with van der Waals surface area (Å²) >= 11 is 0. The Bertz CT molecular complexity index is 436. The fraction of sp³-hybridized carbons (Fsp3) is 0.167. The lowest BCUT2D eigenvalue weighted by Gasteiger charge is -2.18. The fourth-order valence-electron chi connectivity index (χ4n) is 1.32. The SMILES string of the molecule is FC1(F)C=CC=CC1N=Nc1ccccc1. The molecule has 1 unspecified atom stereocenters. The molecule has 0 radical (unpaired) electrons. The molecule has 1 aromatic carbocycles. The Morgan fingerprint density at radius 3 is 2.50 bits per heavy atom. The van der Waals surface area contributed by atoms with Crippen LogP contribution in [0.1, 0.15) is 0 Å². The first-order valence-corrected chi connectivity index (χ1v) is 4.88. The maximum atomic E-state index is 13.3. The van der Waals surface area contributed by atoms with Gasteiger partial charge < -0.3 is 0 Å². The van der Waals surface area contributed by atoms with Crippen molar-refractivity contribution in [1.29, 1.82) is 0 Å². The second-order valence-electron chi connectivity index (χ2n) is 3.41. The maximum absolute atomic E-state index is 13.3. The summed E-state index contributed by atoms with van der Waals surface area (Å²) in [7, 11) is 0. The summed E-state index contributed by atoms with van der Waals surface area (Å²) in [5, 5.41) is 7.43. The summed E-state index contributed by atoms with van der Waals surface area (Å²) in [5.74, 6) is -2.95. The van der Waals surface area contributed by atoms with Crippen LogP contribution in [-0.2, 0) is 0 Å². The molecule has 0 fully saturated rings. The van der Waals surface area contributed by atoms with Crippen LogP contribution in [0.25, 0.3) is 0 Å². The van der Waals surface area contributed by atoms with Crippen LogP contribution in [0, 0.1) is 0 Å². The lowest BCUT2D eigenvalue weighted by molar-refractivity contribution is 0.0392. The van der Waals surface area contributed by atoms with Crippen LogP contribution in [0.2, 0.25) is 0 Å². The minimum atomic E-state index is -2.95. The van der Waals surface area contributed by atoms with Gasteiger partial charge in [-0.1, -0.05) is 36.4 Å². The number of allylic oxidation sites excluding steroid dienone is 2. The molecule has 0 N–H and O–H groups in total. The average Bonchev–Trinajstić information content (AvgIpc) is 2.28. The molecular formula is C12H10F2N2. The molecule has 1 aliphatic carbocycles. The maximum Gasteiger partial charge on any atom is 0.294 e. The van der Waals surface area contributed by atoms with Gasteiger partial charge in [-0.15, -0.1) is 0 Å². The second-order valence-corrected chi connectivity index (χ2v) is 3.41. The van der Waals surface area contributed by atoms with E-state index in [9.17, 15) is 8.78 Å². The number of benzene rings is 1. The average molecular weight is 220 g/mol. The molecule has 82 valence electrons. The number of rotatable bonds is 2. The Labute approximate surface area is 92.0 Å². The summed E-state index contributed by atoms with van der Waals surface area (Å²) in [6.07, 6.45) is 5.04. The predicted molar refractivity (Wildman–Crippen MR) is 58.0 cm³/mol. The van der Waals surface area contributed by atoms with Crippen molar-refractivity contribution in [3.05, 3.63) is 54.6 Å². The van der Waals surface area contributed by atoms with Crippen LogP contribution in [-0.4, -0.2) is 12.0 Å². The van der Waals surface area contributed by atoms with Crippen molar-refractivity contribution in [3.8, 4) is 0 Å². The quantitative estimate of drug-likeness (QED) is 0.675. The van der Waals surface area contributed by atoms with E-state index >= 15 is 0 Å². The first-order valence-electron chi connectivity index (χ1n) is 4.88. The van der Waals surface area contributed by atoms with Gasteiger partial charge in [0.15, 0.2) is 6.04 Å². The second kappa shape index (κ2) is 4.35. The van der Waals surface area contributed by atoms with E-state index in [1.54, 1.807) is 30.3 Å². The van der Waals surface area contributed by atoms with E-state index in [-0.39, 0.29) is 0 Å². The van der Waals surface area contributed by atoms with Gasteiger partial charge in [0.2, 0.25) is 0 Å². The van der Waals surface area contributed by atoms with Crippen molar-refractivity contribution < 1.29 is 8.78 Å². The number of alkyl halides is 2. The molecule has 0 heterocycles. The highest BCUT2D eigenvalue weighted by molar-refractivity contribution is 5.35. The van der Waals surface area contributed by atoms with E-state index in [0.29, 0.717) is 5.69 Å². The van der Waals surface area contributed by atoms with Crippen molar-refractivity contribution in [2.75, 3.05) is 0 Å². The first kappa shape index (κ1) is 10.7. The summed E-state index contributed by atoms with van der Waals surface area (Å²) in [6, 6.07) is 7.61. The molecule has 0 aliphatic heterocycles. The Hall–Kier alpha value is -1.84. The third-order valence-corrected chi connectivity index (χ3v) is 2.17. The van der Waals surface area contributed by atoms with Gasteiger partial charge in [0.1, 0.15) is 0 Å². The Kier molecular flexibility index (Phi) is 2.90. The molecule has 2 nitrogen and oxygen atoms in total. The Morgan fingerprint density at radius 2 is 1.81 bits per heavy atom. The molecule has 0 bridgehead atoms. The molecule has 16 heavy (non-hydrogen) atoms. The highest BCUT2D eigenvalue weighted by Gasteiger charge is 2.36. The number of nitrogens with zero attached hydrogens (tertiary/aromatic N) is 2. The van der Waals surface area contributed by atoms with E-state index in [0.717, 1.165) is 6.08 Å². The van der Waals surface area contributed by atoms with Crippen LogP contribution in [0.4, 0.5) is 14.5 Å². The molecule has 1 aliphatic rings. The molecule has 0 saturated heterocycles. The van der Waals surface area contributed by atoms with Crippen molar-refractivity contribution in [2.24, 2.45) is 10.2 Å². The van der Waals surface area contributed by atoms with Crippen molar-refractivity contribution in [3.63, 3.8) is 0 Å². The lowest BCUT2D eigenvalue weighted by Crippen LogP contribution is -2.29. The highest BCUT2D eigenvalue weighted by atomic mass is 19.3. The van der Waals surface area contributed by atoms with Gasteiger partial charge >= 0.3 is 0 Å². The lowest BCUT2D eigenvalue weighted by atomic mass is 10.1. The Balaban J connectivity index is 2.13. The van der Waals surface area contributed by atoms with E-state index in [4.69, 9.17) is 0 Å². The van der Waals surface area contributed by atoms with Crippen LogP contribution >= 0.6 is 0 Å². The number of halogens is 2. The molecule has 0 saturated carbocycles. The van der Waals surface area contributed by atoms with Crippen LogP contribution in [0.5, 0.6) is 0 Å². The third kappa shape index (κ3) is 2.39. The molecule has 4 heteroatoms. The predicted octanol–water partition coefficient (Wildman–Crippen LogP) is 3.90. The zero-order valence-corrected chi connectivity index (χ0v) is 8.42. The number of azo groups is 1. The largest absolute Gasteiger partial charge is 0.294 e. The van der Waals surface area contributed by atoms with E-state index in [1.807, 2.05) is 6.07 Å². The zero-order valence-electron chi connectivity index (χ0n) is 8.42. The van der Waals surface area contributed by atoms with Crippen LogP contribution < -0.4 is 0 Å². The topological polar surface area (TPSA) is 24.7 Å². The minimum Gasteiger partial charge on any atom is -0.199 e. The van der Waals surface area contributed by atoms with Gasteiger partial charge in [0, 0.05) is 0 Å². The van der Waals surface area contributed by atoms with Crippen LogP contribution in [0.15, 0.2) is 64.9 Å². The van der Waals surface area contributed by atoms with E-state index < -0.39 is 12.0 Å². The van der Waals surface area contributed by atoms with E-state index in [1.165, 1.54) is 12.2 Å². The first-order chi connectivity index (χ1) is 7.68. The summed E-state index contributed by atoms with van der Waals surface area (Å²) in [6.45, 7) is 0. The zero-order chi connectivity index (χ0) is 11.4. The molecule has 0 amide bonds. The van der Waals surface area contributed by atoms with Crippen LogP contribution in [0.3, 0.4) is 0 Å². The van der Waals surface area contributed by atoms with Gasteiger partial charge in [0.25, 0.3) is 5.92 Å².